The summed E-state index contributed by atoms with van der Waals surface area (Å²) in [5, 5.41) is 2.69. The van der Waals surface area contributed by atoms with Gasteiger partial charge < -0.3 is 10.1 Å². The van der Waals surface area contributed by atoms with E-state index in [9.17, 15) is 4.79 Å². The van der Waals surface area contributed by atoms with Gasteiger partial charge in [0.15, 0.2) is 0 Å². The van der Waals surface area contributed by atoms with Crippen LogP contribution in [0.5, 0.6) is 0 Å². The van der Waals surface area contributed by atoms with Crippen LogP contribution >= 0.6 is 0 Å². The molecule has 0 rings (SSSR count). The van der Waals surface area contributed by atoms with Crippen molar-refractivity contribution in [1.82, 2.24) is 5.32 Å². The van der Waals surface area contributed by atoms with E-state index in [2.05, 4.69) is 11.9 Å². The van der Waals surface area contributed by atoms with E-state index in [-0.39, 0.29) is 6.09 Å². The molecule has 0 spiro atoms. The molecule has 3 heteroatoms. The third kappa shape index (κ3) is 9.10. The Morgan fingerprint density at radius 1 is 1.50 bits per heavy atom. The maximum atomic E-state index is 11.0. The van der Waals surface area contributed by atoms with Gasteiger partial charge in [-0.15, -0.1) is 6.58 Å². The normalized spacial score (nSPS) is 10.0. The third-order valence-electron chi connectivity index (χ3n) is 1.60. The Bertz CT molecular complexity index is 188. The number of allylic oxidation sites excluding steroid dienone is 1. The summed E-state index contributed by atoms with van der Waals surface area (Å²) in [6, 6.07) is 0. The summed E-state index contributed by atoms with van der Waals surface area (Å²) in [4.78, 5) is 11.0. The Hall–Kier alpha value is -0.990. The molecule has 0 aliphatic heterocycles. The summed E-state index contributed by atoms with van der Waals surface area (Å²) in [7, 11) is 0. The smallest absolute Gasteiger partial charge is 0.407 e. The average Bonchev–Trinajstić information content (AvgIpc) is 2.08. The number of carbonyl (C=O) groups excluding carboxylic acids is 1. The molecule has 3 nitrogen and oxygen atoms in total. The molecular formula is C11H21NO2. The second kappa shape index (κ2) is 7.42. The third-order valence-corrected chi connectivity index (χ3v) is 1.60. The van der Waals surface area contributed by atoms with Crippen LogP contribution < -0.4 is 5.32 Å². The number of hydrogen-bond donors (Lipinski definition) is 1. The minimum atomic E-state index is -0.319. The molecule has 0 aromatic carbocycles. The summed E-state index contributed by atoms with van der Waals surface area (Å²) in [5.41, 5.74) is 1.14. The zero-order chi connectivity index (χ0) is 11.0. The van der Waals surface area contributed by atoms with Gasteiger partial charge in [-0.25, -0.2) is 4.79 Å². The van der Waals surface area contributed by atoms with Crippen molar-refractivity contribution in [3.63, 3.8) is 0 Å². The van der Waals surface area contributed by atoms with Crippen LogP contribution in [-0.4, -0.2) is 19.2 Å². The topological polar surface area (TPSA) is 38.3 Å². The van der Waals surface area contributed by atoms with Crippen molar-refractivity contribution in [3.8, 4) is 0 Å². The average molecular weight is 199 g/mol. The van der Waals surface area contributed by atoms with Gasteiger partial charge in [0.05, 0.1) is 6.61 Å². The van der Waals surface area contributed by atoms with Crippen molar-refractivity contribution in [3.05, 3.63) is 12.2 Å². The summed E-state index contributed by atoms with van der Waals surface area (Å²) in [5.74, 6) is 0.385. The predicted molar refractivity (Wildman–Crippen MR) is 58.2 cm³/mol. The lowest BCUT2D eigenvalue weighted by atomic mass is 10.2. The highest BCUT2D eigenvalue weighted by Gasteiger charge is 2.01. The molecule has 14 heavy (non-hydrogen) atoms. The van der Waals surface area contributed by atoms with Crippen molar-refractivity contribution in [1.29, 1.82) is 0 Å². The molecule has 0 unspecified atom stereocenters. The van der Waals surface area contributed by atoms with Crippen LogP contribution in [0.15, 0.2) is 12.2 Å². The van der Waals surface area contributed by atoms with Crippen molar-refractivity contribution in [2.24, 2.45) is 5.92 Å². The fourth-order valence-corrected chi connectivity index (χ4v) is 0.874. The lowest BCUT2D eigenvalue weighted by molar-refractivity contribution is 0.133. The molecular weight excluding hydrogens is 178 g/mol. The van der Waals surface area contributed by atoms with Crippen molar-refractivity contribution in [2.75, 3.05) is 13.2 Å². The first-order chi connectivity index (χ1) is 6.52. The number of hydrogen-bond acceptors (Lipinski definition) is 2. The van der Waals surface area contributed by atoms with Gasteiger partial charge in [-0.2, -0.15) is 0 Å². The molecule has 0 atom stereocenters. The first-order valence-electron chi connectivity index (χ1n) is 5.07. The minimum Gasteiger partial charge on any atom is -0.449 e. The number of carbonyl (C=O) groups is 1. The highest BCUT2D eigenvalue weighted by atomic mass is 16.5. The molecule has 0 saturated carbocycles. The lowest BCUT2D eigenvalue weighted by Gasteiger charge is -2.08. The SMILES string of the molecule is C=C(C)CCCNC(=O)OCC(C)C. The Labute approximate surface area is 86.5 Å². The molecule has 1 amide bonds. The highest BCUT2D eigenvalue weighted by molar-refractivity contribution is 5.66. The van der Waals surface area contributed by atoms with Crippen LogP contribution in [0, 0.1) is 5.92 Å². The molecule has 0 bridgehead atoms. The van der Waals surface area contributed by atoms with Crippen molar-refractivity contribution >= 4 is 6.09 Å². The first kappa shape index (κ1) is 13.0. The van der Waals surface area contributed by atoms with Gasteiger partial charge in [-0.3, -0.25) is 0 Å². The second-order valence-electron chi connectivity index (χ2n) is 3.98. The molecule has 0 aromatic rings. The molecule has 0 saturated heterocycles. The first-order valence-corrected chi connectivity index (χ1v) is 5.07. The van der Waals surface area contributed by atoms with Crippen molar-refractivity contribution in [2.45, 2.75) is 33.6 Å². The van der Waals surface area contributed by atoms with Crippen LogP contribution in [0.25, 0.3) is 0 Å². The number of amides is 1. The number of rotatable bonds is 6. The van der Waals surface area contributed by atoms with Crippen molar-refractivity contribution < 1.29 is 9.53 Å². The second-order valence-corrected chi connectivity index (χ2v) is 3.98. The van der Waals surface area contributed by atoms with Crippen LogP contribution in [-0.2, 0) is 4.74 Å². The Morgan fingerprint density at radius 3 is 2.64 bits per heavy atom. The standard InChI is InChI=1S/C11H21NO2/c1-9(2)6-5-7-12-11(13)14-8-10(3)4/h10H,1,5-8H2,2-4H3,(H,12,13). The van der Waals surface area contributed by atoms with E-state index in [0.29, 0.717) is 19.1 Å². The zero-order valence-electron chi connectivity index (χ0n) is 9.43. The van der Waals surface area contributed by atoms with Gasteiger partial charge in [-0.05, 0) is 25.7 Å². The van der Waals surface area contributed by atoms with E-state index in [1.165, 1.54) is 0 Å². The number of ether oxygens (including phenoxy) is 1. The highest BCUT2D eigenvalue weighted by Crippen LogP contribution is 1.98. The van der Waals surface area contributed by atoms with Gasteiger partial charge in [0.25, 0.3) is 0 Å². The largest absolute Gasteiger partial charge is 0.449 e. The predicted octanol–water partition coefficient (Wildman–Crippen LogP) is 2.72. The van der Waals surface area contributed by atoms with Gasteiger partial charge >= 0.3 is 6.09 Å². The summed E-state index contributed by atoms with van der Waals surface area (Å²) in [6.07, 6.45) is 1.55. The molecule has 0 radical (unpaired) electrons. The van der Waals surface area contributed by atoms with E-state index >= 15 is 0 Å². The maximum absolute atomic E-state index is 11.0. The van der Waals surface area contributed by atoms with Gasteiger partial charge in [-0.1, -0.05) is 19.4 Å². The Kier molecular flexibility index (Phi) is 6.89. The fourth-order valence-electron chi connectivity index (χ4n) is 0.874. The van der Waals surface area contributed by atoms with Crippen LogP contribution in [0.2, 0.25) is 0 Å². The fraction of sp³-hybridized carbons (Fsp3) is 0.727. The molecule has 0 aliphatic carbocycles. The summed E-state index contributed by atoms with van der Waals surface area (Å²) < 4.78 is 4.94. The van der Waals surface area contributed by atoms with Gasteiger partial charge in [0.2, 0.25) is 0 Å². The van der Waals surface area contributed by atoms with Gasteiger partial charge in [0, 0.05) is 6.54 Å². The van der Waals surface area contributed by atoms with E-state index in [1.54, 1.807) is 0 Å². The molecule has 0 fully saturated rings. The minimum absolute atomic E-state index is 0.319. The monoisotopic (exact) mass is 199 g/mol. The number of alkyl carbamates (subject to hydrolysis) is 1. The molecule has 0 heterocycles. The number of nitrogens with one attached hydrogen (secondary N) is 1. The van der Waals surface area contributed by atoms with Crippen LogP contribution in [0.3, 0.4) is 0 Å². The molecule has 82 valence electrons. The van der Waals surface area contributed by atoms with Crippen LogP contribution in [0.1, 0.15) is 33.6 Å². The summed E-state index contributed by atoms with van der Waals surface area (Å²) >= 11 is 0. The van der Waals surface area contributed by atoms with E-state index < -0.39 is 0 Å². The Balaban J connectivity index is 3.31. The van der Waals surface area contributed by atoms with E-state index in [1.807, 2.05) is 20.8 Å². The van der Waals surface area contributed by atoms with Crippen LogP contribution in [0.4, 0.5) is 4.79 Å². The lowest BCUT2D eigenvalue weighted by Crippen LogP contribution is -2.26. The van der Waals surface area contributed by atoms with E-state index in [4.69, 9.17) is 4.74 Å². The molecule has 1 N–H and O–H groups in total. The maximum Gasteiger partial charge on any atom is 0.407 e. The summed E-state index contributed by atoms with van der Waals surface area (Å²) in [6.45, 7) is 10.9. The molecule has 0 aliphatic rings. The van der Waals surface area contributed by atoms with E-state index in [0.717, 1.165) is 18.4 Å². The Morgan fingerprint density at radius 2 is 2.14 bits per heavy atom. The van der Waals surface area contributed by atoms with Gasteiger partial charge in [0.1, 0.15) is 0 Å². The quantitative estimate of drug-likeness (QED) is 0.527. The molecule has 0 aromatic heterocycles. The zero-order valence-corrected chi connectivity index (χ0v) is 9.43.